The highest BCUT2D eigenvalue weighted by molar-refractivity contribution is 6.30. The predicted molar refractivity (Wildman–Crippen MR) is 108 cm³/mol. The quantitative estimate of drug-likeness (QED) is 0.617. The van der Waals surface area contributed by atoms with E-state index in [1.165, 1.54) is 24.2 Å². The Bertz CT molecular complexity index is 588. The van der Waals surface area contributed by atoms with Crippen molar-refractivity contribution < 1.29 is 19.3 Å². The van der Waals surface area contributed by atoms with Crippen LogP contribution in [-0.4, -0.2) is 57.8 Å². The van der Waals surface area contributed by atoms with E-state index in [1.807, 2.05) is 24.3 Å². The normalized spacial score (nSPS) is 28.5. The molecule has 1 aliphatic carbocycles. The van der Waals surface area contributed by atoms with Gasteiger partial charge in [0.1, 0.15) is 45.1 Å². The minimum atomic E-state index is 0.235. The second-order valence-corrected chi connectivity index (χ2v) is 8.60. The van der Waals surface area contributed by atoms with E-state index in [2.05, 4.69) is 12.2 Å². The molecule has 0 unspecified atom stereocenters. The largest absolute Gasteiger partial charge is 0.488 e. The van der Waals surface area contributed by atoms with E-state index in [0.29, 0.717) is 25.1 Å². The summed E-state index contributed by atoms with van der Waals surface area (Å²) in [6.45, 7) is 8.93. The molecule has 5 nitrogen and oxygen atoms in total. The number of nitrogens with one attached hydrogen (secondary N) is 3. The van der Waals surface area contributed by atoms with E-state index in [1.54, 1.807) is 4.90 Å². The number of rotatable bonds is 7. The summed E-state index contributed by atoms with van der Waals surface area (Å²) in [6, 6.07) is 7.91. The van der Waals surface area contributed by atoms with Crippen molar-refractivity contribution in [2.24, 2.45) is 5.92 Å². The summed E-state index contributed by atoms with van der Waals surface area (Å²) < 4.78 is 5.80. The molecule has 0 aromatic heterocycles. The molecule has 1 aliphatic heterocycles. The molecule has 1 heterocycles. The standard InChI is InChI=1S/C21H32ClN3O2/c1-17-4-2-3-5-20(17)23-21(26)16-25-12-10-24(11-13-25)14-15-27-19-8-6-18(22)7-9-19/h6-9,17,20H,2-5,10-16H2,1H3,(H,23,26)/p+2/t17-,20+/m0/s1. The Labute approximate surface area is 168 Å². The van der Waals surface area contributed by atoms with Crippen LogP contribution in [0.5, 0.6) is 5.75 Å². The Hall–Kier alpha value is -1.30. The molecule has 0 bridgehead atoms. The second-order valence-electron chi connectivity index (χ2n) is 8.16. The van der Waals surface area contributed by atoms with Gasteiger partial charge in [0.25, 0.3) is 5.91 Å². The summed E-state index contributed by atoms with van der Waals surface area (Å²) in [5.74, 6) is 1.73. The van der Waals surface area contributed by atoms with Crippen molar-refractivity contribution in [3.63, 3.8) is 0 Å². The van der Waals surface area contributed by atoms with Crippen molar-refractivity contribution in [1.29, 1.82) is 0 Å². The Morgan fingerprint density at radius 2 is 1.78 bits per heavy atom. The van der Waals surface area contributed by atoms with E-state index in [4.69, 9.17) is 16.3 Å². The van der Waals surface area contributed by atoms with Crippen LogP contribution in [0.4, 0.5) is 0 Å². The number of carbonyl (C=O) groups is 1. The van der Waals surface area contributed by atoms with E-state index < -0.39 is 0 Å². The molecular formula is C21H34ClN3O2+2. The molecule has 2 aliphatic rings. The van der Waals surface area contributed by atoms with Crippen molar-refractivity contribution in [2.75, 3.05) is 45.9 Å². The van der Waals surface area contributed by atoms with Crippen LogP contribution in [0.25, 0.3) is 0 Å². The average molecular weight is 396 g/mol. The Balaban J connectivity index is 1.30. The van der Waals surface area contributed by atoms with Crippen LogP contribution in [0.3, 0.4) is 0 Å². The van der Waals surface area contributed by atoms with Gasteiger partial charge >= 0.3 is 0 Å². The maximum absolute atomic E-state index is 12.4. The monoisotopic (exact) mass is 395 g/mol. The maximum Gasteiger partial charge on any atom is 0.275 e. The number of hydrogen-bond donors (Lipinski definition) is 3. The number of benzene rings is 1. The third kappa shape index (κ3) is 6.66. The molecule has 150 valence electrons. The van der Waals surface area contributed by atoms with E-state index in [0.717, 1.165) is 49.9 Å². The van der Waals surface area contributed by atoms with Gasteiger partial charge in [-0.15, -0.1) is 0 Å². The third-order valence-corrected chi connectivity index (χ3v) is 6.32. The van der Waals surface area contributed by atoms with Crippen LogP contribution >= 0.6 is 11.6 Å². The summed E-state index contributed by atoms with van der Waals surface area (Å²) >= 11 is 5.89. The lowest BCUT2D eigenvalue weighted by Gasteiger charge is -2.32. The number of amides is 1. The molecule has 1 aromatic rings. The van der Waals surface area contributed by atoms with Gasteiger partial charge in [-0.3, -0.25) is 4.79 Å². The zero-order valence-electron chi connectivity index (χ0n) is 16.4. The summed E-state index contributed by atoms with van der Waals surface area (Å²) in [6.07, 6.45) is 4.96. The SMILES string of the molecule is C[C@H]1CCCC[C@H]1NC(=O)C[NH+]1CC[NH+](CCOc2ccc(Cl)cc2)CC1. The van der Waals surface area contributed by atoms with E-state index in [-0.39, 0.29) is 5.91 Å². The third-order valence-electron chi connectivity index (χ3n) is 6.07. The second kappa shape index (κ2) is 10.3. The highest BCUT2D eigenvalue weighted by Crippen LogP contribution is 2.23. The van der Waals surface area contributed by atoms with Gasteiger partial charge in [-0.05, 0) is 43.0 Å². The lowest BCUT2D eigenvalue weighted by molar-refractivity contribution is -1.01. The fourth-order valence-corrected chi connectivity index (χ4v) is 4.37. The molecule has 0 radical (unpaired) electrons. The molecule has 3 rings (SSSR count). The summed E-state index contributed by atoms with van der Waals surface area (Å²) in [7, 11) is 0. The maximum atomic E-state index is 12.4. The zero-order chi connectivity index (χ0) is 19.1. The van der Waals surface area contributed by atoms with Crippen molar-refractivity contribution in [3.05, 3.63) is 29.3 Å². The lowest BCUT2D eigenvalue weighted by atomic mass is 9.86. The van der Waals surface area contributed by atoms with Gasteiger partial charge in [-0.1, -0.05) is 31.4 Å². The first kappa shape index (κ1) is 20.4. The van der Waals surface area contributed by atoms with Crippen molar-refractivity contribution >= 4 is 17.5 Å². The van der Waals surface area contributed by atoms with Crippen LogP contribution in [0.1, 0.15) is 32.6 Å². The molecule has 1 saturated heterocycles. The number of hydrogen-bond acceptors (Lipinski definition) is 2. The molecule has 1 aromatic carbocycles. The molecule has 6 heteroatoms. The van der Waals surface area contributed by atoms with Crippen LogP contribution in [0, 0.1) is 5.92 Å². The van der Waals surface area contributed by atoms with Crippen LogP contribution in [0.15, 0.2) is 24.3 Å². The summed E-state index contributed by atoms with van der Waals surface area (Å²) in [5, 5.41) is 4.02. The topological polar surface area (TPSA) is 47.2 Å². The fraction of sp³-hybridized carbons (Fsp3) is 0.667. The molecular weight excluding hydrogens is 362 g/mol. The van der Waals surface area contributed by atoms with E-state index >= 15 is 0 Å². The number of piperazine rings is 1. The number of halogens is 1. The first-order valence-electron chi connectivity index (χ1n) is 10.4. The molecule has 1 amide bonds. The van der Waals surface area contributed by atoms with Gasteiger partial charge < -0.3 is 19.9 Å². The molecule has 1 saturated carbocycles. The molecule has 0 spiro atoms. The van der Waals surface area contributed by atoms with Crippen molar-refractivity contribution in [3.8, 4) is 5.75 Å². The van der Waals surface area contributed by atoms with Crippen molar-refractivity contribution in [1.82, 2.24) is 5.32 Å². The van der Waals surface area contributed by atoms with Gasteiger partial charge in [-0.25, -0.2) is 0 Å². The Kier molecular flexibility index (Phi) is 7.80. The van der Waals surface area contributed by atoms with Crippen LogP contribution in [-0.2, 0) is 4.79 Å². The molecule has 2 fully saturated rings. The lowest BCUT2D eigenvalue weighted by Crippen LogP contribution is -3.28. The summed E-state index contributed by atoms with van der Waals surface area (Å²) in [4.78, 5) is 15.4. The van der Waals surface area contributed by atoms with Gasteiger partial charge in [0.05, 0.1) is 0 Å². The smallest absolute Gasteiger partial charge is 0.275 e. The van der Waals surface area contributed by atoms with Crippen molar-refractivity contribution in [2.45, 2.75) is 38.6 Å². The van der Waals surface area contributed by atoms with Gasteiger partial charge in [0, 0.05) is 11.1 Å². The highest BCUT2D eigenvalue weighted by atomic mass is 35.5. The zero-order valence-corrected chi connectivity index (χ0v) is 17.2. The minimum Gasteiger partial charge on any atom is -0.488 e. The molecule has 27 heavy (non-hydrogen) atoms. The minimum absolute atomic E-state index is 0.235. The highest BCUT2D eigenvalue weighted by Gasteiger charge is 2.27. The van der Waals surface area contributed by atoms with Crippen LogP contribution < -0.4 is 19.9 Å². The number of quaternary nitrogens is 2. The predicted octanol–water partition coefficient (Wildman–Crippen LogP) is 0.197. The first-order chi connectivity index (χ1) is 13.1. The first-order valence-corrected chi connectivity index (χ1v) is 10.8. The van der Waals surface area contributed by atoms with E-state index in [9.17, 15) is 4.79 Å². The van der Waals surface area contributed by atoms with Gasteiger partial charge in [0.2, 0.25) is 0 Å². The number of carbonyl (C=O) groups excluding carboxylic acids is 1. The fourth-order valence-electron chi connectivity index (χ4n) is 4.24. The average Bonchev–Trinajstić information content (AvgIpc) is 2.67. The van der Waals surface area contributed by atoms with Gasteiger partial charge in [0.15, 0.2) is 6.54 Å². The van der Waals surface area contributed by atoms with Gasteiger partial charge in [-0.2, -0.15) is 0 Å². The Morgan fingerprint density at radius 1 is 1.11 bits per heavy atom. The molecule has 2 atom stereocenters. The molecule has 3 N–H and O–H groups in total. The Morgan fingerprint density at radius 3 is 2.48 bits per heavy atom. The number of ether oxygens (including phenoxy) is 1. The van der Waals surface area contributed by atoms with Crippen LogP contribution in [0.2, 0.25) is 5.02 Å². The summed E-state index contributed by atoms with van der Waals surface area (Å²) in [5.41, 5.74) is 0.